The number of aryl methyl sites for hydroxylation is 1. The molecule has 8 heteroatoms. The number of methoxy groups -OCH3 is 1. The summed E-state index contributed by atoms with van der Waals surface area (Å²) >= 11 is 1.35. The second kappa shape index (κ2) is 7.65. The van der Waals surface area contributed by atoms with Crippen molar-refractivity contribution in [2.75, 3.05) is 12.4 Å². The van der Waals surface area contributed by atoms with Crippen molar-refractivity contribution in [1.82, 2.24) is 14.8 Å². The van der Waals surface area contributed by atoms with Gasteiger partial charge in [0.1, 0.15) is 11.5 Å². The van der Waals surface area contributed by atoms with E-state index in [2.05, 4.69) is 15.5 Å². The normalized spacial score (nSPS) is 12.0. The number of hydrogen-bond acceptors (Lipinski definition) is 6. The van der Waals surface area contributed by atoms with E-state index in [1.54, 1.807) is 19.4 Å². The van der Waals surface area contributed by atoms with Crippen LogP contribution >= 0.6 is 11.8 Å². The second-order valence-corrected chi connectivity index (χ2v) is 7.04. The van der Waals surface area contributed by atoms with E-state index in [4.69, 9.17) is 9.15 Å². The molecular weight excluding hydrogens is 352 g/mol. The molecule has 0 aliphatic carbocycles. The molecular formula is C18H20N4O3S. The fraction of sp³-hybridized carbons (Fsp3) is 0.278. The van der Waals surface area contributed by atoms with E-state index in [-0.39, 0.29) is 11.2 Å². The Balaban J connectivity index is 1.70. The number of rotatable bonds is 6. The lowest BCUT2D eigenvalue weighted by Crippen LogP contribution is -2.22. The molecule has 1 N–H and O–H groups in total. The minimum Gasteiger partial charge on any atom is -0.497 e. The Morgan fingerprint density at radius 2 is 2.15 bits per heavy atom. The summed E-state index contributed by atoms with van der Waals surface area (Å²) in [4.78, 5) is 12.5. The van der Waals surface area contributed by atoms with Gasteiger partial charge in [-0.25, -0.2) is 0 Å². The Labute approximate surface area is 155 Å². The molecule has 0 saturated carbocycles. The van der Waals surface area contributed by atoms with E-state index in [0.717, 1.165) is 11.3 Å². The van der Waals surface area contributed by atoms with Gasteiger partial charge in [0.05, 0.1) is 24.2 Å². The zero-order valence-electron chi connectivity index (χ0n) is 15.0. The lowest BCUT2D eigenvalue weighted by atomic mass is 10.2. The number of nitrogens with one attached hydrogen (secondary N) is 1. The van der Waals surface area contributed by atoms with Crippen LogP contribution in [-0.4, -0.2) is 33.0 Å². The van der Waals surface area contributed by atoms with Crippen LogP contribution < -0.4 is 10.1 Å². The maximum absolute atomic E-state index is 12.5. The molecule has 0 radical (unpaired) electrons. The van der Waals surface area contributed by atoms with Crippen molar-refractivity contribution in [3.63, 3.8) is 0 Å². The van der Waals surface area contributed by atoms with Gasteiger partial charge in [0.2, 0.25) is 5.91 Å². The highest BCUT2D eigenvalue weighted by Crippen LogP contribution is 2.28. The van der Waals surface area contributed by atoms with Crippen molar-refractivity contribution in [2.45, 2.75) is 24.3 Å². The highest BCUT2D eigenvalue weighted by atomic mass is 32.2. The summed E-state index contributed by atoms with van der Waals surface area (Å²) in [5.41, 5.74) is 1.58. The molecule has 1 amide bonds. The lowest BCUT2D eigenvalue weighted by molar-refractivity contribution is -0.115. The van der Waals surface area contributed by atoms with Gasteiger partial charge in [0, 0.05) is 18.8 Å². The van der Waals surface area contributed by atoms with Gasteiger partial charge in [0.15, 0.2) is 11.0 Å². The summed E-state index contributed by atoms with van der Waals surface area (Å²) in [7, 11) is 3.46. The maximum Gasteiger partial charge on any atom is 0.237 e. The molecule has 0 unspecified atom stereocenters. The number of amides is 1. The Morgan fingerprint density at radius 1 is 1.35 bits per heavy atom. The van der Waals surface area contributed by atoms with Gasteiger partial charge in [-0.3, -0.25) is 4.79 Å². The molecule has 0 spiro atoms. The fourth-order valence-corrected chi connectivity index (χ4v) is 3.24. The molecule has 0 aliphatic rings. The number of aromatic nitrogens is 3. The number of thioether (sulfide) groups is 1. The van der Waals surface area contributed by atoms with E-state index >= 15 is 0 Å². The van der Waals surface area contributed by atoms with Gasteiger partial charge in [-0.15, -0.1) is 10.2 Å². The summed E-state index contributed by atoms with van der Waals surface area (Å²) in [6.45, 7) is 3.71. The SMILES string of the molecule is COc1cccc(NC(=O)[C@@H](C)Sc2nnc(-c3ccoc3C)n2C)c1. The first-order valence-electron chi connectivity index (χ1n) is 8.05. The number of benzene rings is 1. The van der Waals surface area contributed by atoms with Crippen LogP contribution in [0.3, 0.4) is 0 Å². The Bertz CT molecular complexity index is 919. The minimum absolute atomic E-state index is 0.118. The third-order valence-corrected chi connectivity index (χ3v) is 5.06. The monoisotopic (exact) mass is 372 g/mol. The van der Waals surface area contributed by atoms with Crippen LogP contribution in [0.5, 0.6) is 5.75 Å². The average Bonchev–Trinajstić information content (AvgIpc) is 3.21. The number of hydrogen-bond donors (Lipinski definition) is 1. The summed E-state index contributed by atoms with van der Waals surface area (Å²) in [6.07, 6.45) is 1.62. The van der Waals surface area contributed by atoms with Crippen LogP contribution in [0.2, 0.25) is 0 Å². The molecule has 0 bridgehead atoms. The second-order valence-electron chi connectivity index (χ2n) is 5.74. The van der Waals surface area contributed by atoms with E-state index < -0.39 is 0 Å². The number of carbonyl (C=O) groups excluding carboxylic acids is 1. The highest BCUT2D eigenvalue weighted by Gasteiger charge is 2.20. The molecule has 3 rings (SSSR count). The highest BCUT2D eigenvalue weighted by molar-refractivity contribution is 8.00. The Kier molecular flexibility index (Phi) is 5.32. The van der Waals surface area contributed by atoms with Crippen molar-refractivity contribution in [2.24, 2.45) is 7.05 Å². The lowest BCUT2D eigenvalue weighted by Gasteiger charge is -2.12. The molecule has 1 atom stereocenters. The largest absolute Gasteiger partial charge is 0.497 e. The topological polar surface area (TPSA) is 82.2 Å². The smallest absolute Gasteiger partial charge is 0.237 e. The van der Waals surface area contributed by atoms with Crippen molar-refractivity contribution in [1.29, 1.82) is 0 Å². The van der Waals surface area contributed by atoms with Crippen LogP contribution in [0, 0.1) is 6.92 Å². The zero-order valence-corrected chi connectivity index (χ0v) is 15.8. The third-order valence-electron chi connectivity index (χ3n) is 3.92. The maximum atomic E-state index is 12.5. The number of anilines is 1. The fourth-order valence-electron chi connectivity index (χ4n) is 2.43. The predicted molar refractivity (Wildman–Crippen MR) is 100 cm³/mol. The van der Waals surface area contributed by atoms with Crippen LogP contribution in [0.25, 0.3) is 11.4 Å². The van der Waals surface area contributed by atoms with E-state index in [9.17, 15) is 4.79 Å². The molecule has 0 saturated heterocycles. The summed E-state index contributed by atoms with van der Waals surface area (Å²) in [5.74, 6) is 2.06. The van der Waals surface area contributed by atoms with Crippen LogP contribution in [0.1, 0.15) is 12.7 Å². The molecule has 136 valence electrons. The van der Waals surface area contributed by atoms with Crippen molar-refractivity contribution >= 4 is 23.4 Å². The molecule has 26 heavy (non-hydrogen) atoms. The molecule has 0 aliphatic heterocycles. The zero-order chi connectivity index (χ0) is 18.7. The van der Waals surface area contributed by atoms with Crippen LogP contribution in [0.4, 0.5) is 5.69 Å². The Morgan fingerprint density at radius 3 is 2.85 bits per heavy atom. The summed E-state index contributed by atoms with van der Waals surface area (Å²) in [5, 5.41) is 11.6. The molecule has 3 aromatic rings. The van der Waals surface area contributed by atoms with Gasteiger partial charge >= 0.3 is 0 Å². The molecule has 1 aromatic carbocycles. The van der Waals surface area contributed by atoms with Gasteiger partial charge in [-0.1, -0.05) is 17.8 Å². The van der Waals surface area contributed by atoms with Crippen LogP contribution in [0.15, 0.2) is 46.2 Å². The number of carbonyl (C=O) groups is 1. The standard InChI is InChI=1S/C18H20N4O3S/c1-11-15(8-9-25-11)16-20-21-18(22(16)3)26-12(2)17(23)19-13-6-5-7-14(10-13)24-4/h5-10,12H,1-4H3,(H,19,23)/t12-/m1/s1. The first-order chi connectivity index (χ1) is 12.5. The third kappa shape index (κ3) is 3.75. The van der Waals surface area contributed by atoms with E-state index in [1.165, 1.54) is 11.8 Å². The van der Waals surface area contributed by atoms with Crippen molar-refractivity contribution in [3.05, 3.63) is 42.4 Å². The van der Waals surface area contributed by atoms with Crippen molar-refractivity contribution < 1.29 is 13.9 Å². The van der Waals surface area contributed by atoms with Gasteiger partial charge in [-0.2, -0.15) is 0 Å². The minimum atomic E-state index is -0.345. The first-order valence-corrected chi connectivity index (χ1v) is 8.93. The predicted octanol–water partition coefficient (Wildman–Crippen LogP) is 3.51. The molecule has 7 nitrogen and oxygen atoms in total. The number of ether oxygens (including phenoxy) is 1. The van der Waals surface area contributed by atoms with Crippen LogP contribution in [-0.2, 0) is 11.8 Å². The average molecular weight is 372 g/mol. The van der Waals surface area contributed by atoms with E-state index in [0.29, 0.717) is 22.4 Å². The van der Waals surface area contributed by atoms with Gasteiger partial charge in [0.25, 0.3) is 0 Å². The van der Waals surface area contributed by atoms with Gasteiger partial charge in [-0.05, 0) is 32.0 Å². The van der Waals surface area contributed by atoms with Crippen molar-refractivity contribution in [3.8, 4) is 17.1 Å². The van der Waals surface area contributed by atoms with E-state index in [1.807, 2.05) is 49.7 Å². The molecule has 2 aromatic heterocycles. The number of nitrogens with zero attached hydrogens (tertiary/aromatic N) is 3. The number of furan rings is 1. The Hall–Kier alpha value is -2.74. The van der Waals surface area contributed by atoms with Gasteiger partial charge < -0.3 is 19.0 Å². The summed E-state index contributed by atoms with van der Waals surface area (Å²) in [6, 6.07) is 9.10. The molecule has 2 heterocycles. The molecule has 0 fully saturated rings. The summed E-state index contributed by atoms with van der Waals surface area (Å²) < 4.78 is 12.4. The first kappa shape index (κ1) is 18.1. The quantitative estimate of drug-likeness (QED) is 0.667.